The summed E-state index contributed by atoms with van der Waals surface area (Å²) in [5, 5.41) is 0. The van der Waals surface area contributed by atoms with E-state index in [4.69, 9.17) is 4.74 Å². The lowest BCUT2D eigenvalue weighted by Crippen LogP contribution is -2.38. The second-order valence-electron chi connectivity index (χ2n) is 5.94. The van der Waals surface area contributed by atoms with Gasteiger partial charge in [-0.1, -0.05) is 59.0 Å². The highest BCUT2D eigenvalue weighted by molar-refractivity contribution is 5.87. The Balaban J connectivity index is 4.25. The molecule has 3 heteroatoms. The smallest absolute Gasteiger partial charge is 0.334 e. The quantitative estimate of drug-likeness (QED) is 0.209. The van der Waals surface area contributed by atoms with Crippen LogP contribution in [-0.2, 0) is 9.53 Å². The molecular formula is C18H35NO2. The van der Waals surface area contributed by atoms with Gasteiger partial charge >= 0.3 is 5.97 Å². The molecule has 0 radical (unpaired) electrons. The third-order valence-electron chi connectivity index (χ3n) is 3.74. The second-order valence-corrected chi connectivity index (χ2v) is 5.94. The molecule has 0 N–H and O–H groups in total. The van der Waals surface area contributed by atoms with Crippen molar-refractivity contribution >= 4 is 5.97 Å². The SMILES string of the molecule is C=C(C)C(=O)OC(C)N(CCCCCC)CCCCCC. The van der Waals surface area contributed by atoms with Crippen LogP contribution in [-0.4, -0.2) is 30.2 Å². The van der Waals surface area contributed by atoms with Gasteiger partial charge in [-0.05, 0) is 26.7 Å². The van der Waals surface area contributed by atoms with Crippen molar-refractivity contribution in [1.82, 2.24) is 4.90 Å². The molecule has 3 nitrogen and oxygen atoms in total. The standard InChI is InChI=1S/C18H35NO2/c1-6-8-10-12-14-19(15-13-11-9-7-2)17(5)21-18(20)16(3)4/h17H,3,6-15H2,1-2,4-5H3. The molecule has 0 aromatic heterocycles. The molecule has 0 amide bonds. The van der Waals surface area contributed by atoms with E-state index < -0.39 is 0 Å². The Labute approximate surface area is 131 Å². The summed E-state index contributed by atoms with van der Waals surface area (Å²) in [4.78, 5) is 14.0. The number of esters is 1. The van der Waals surface area contributed by atoms with Gasteiger partial charge in [0.1, 0.15) is 0 Å². The van der Waals surface area contributed by atoms with Gasteiger partial charge in [0.2, 0.25) is 0 Å². The molecule has 1 unspecified atom stereocenters. The summed E-state index contributed by atoms with van der Waals surface area (Å²) in [6.07, 6.45) is 9.76. The molecule has 1 atom stereocenters. The predicted octanol–water partition coefficient (Wildman–Crippen LogP) is 4.91. The first-order valence-electron chi connectivity index (χ1n) is 8.63. The van der Waals surface area contributed by atoms with E-state index in [1.54, 1.807) is 6.92 Å². The summed E-state index contributed by atoms with van der Waals surface area (Å²) in [6, 6.07) is 0. The molecular weight excluding hydrogens is 262 g/mol. The molecule has 0 spiro atoms. The maximum absolute atomic E-state index is 11.7. The molecule has 0 aromatic carbocycles. The highest BCUT2D eigenvalue weighted by Crippen LogP contribution is 2.11. The Morgan fingerprint density at radius 2 is 1.48 bits per heavy atom. The minimum Gasteiger partial charge on any atom is -0.443 e. The highest BCUT2D eigenvalue weighted by Gasteiger charge is 2.17. The summed E-state index contributed by atoms with van der Waals surface area (Å²) in [6.45, 7) is 13.8. The Kier molecular flexibility index (Phi) is 12.4. The van der Waals surface area contributed by atoms with Crippen LogP contribution in [0.15, 0.2) is 12.2 Å². The van der Waals surface area contributed by atoms with E-state index >= 15 is 0 Å². The Morgan fingerprint density at radius 1 is 1.00 bits per heavy atom. The molecule has 0 saturated heterocycles. The van der Waals surface area contributed by atoms with Crippen molar-refractivity contribution in [2.45, 2.75) is 85.3 Å². The van der Waals surface area contributed by atoms with Crippen LogP contribution >= 0.6 is 0 Å². The molecule has 0 aliphatic heterocycles. The molecule has 21 heavy (non-hydrogen) atoms. The van der Waals surface area contributed by atoms with E-state index in [-0.39, 0.29) is 12.2 Å². The van der Waals surface area contributed by atoms with Crippen LogP contribution in [0.25, 0.3) is 0 Å². The van der Waals surface area contributed by atoms with Crippen LogP contribution in [0, 0.1) is 0 Å². The monoisotopic (exact) mass is 297 g/mol. The van der Waals surface area contributed by atoms with E-state index in [2.05, 4.69) is 25.3 Å². The lowest BCUT2D eigenvalue weighted by Gasteiger charge is -2.28. The summed E-state index contributed by atoms with van der Waals surface area (Å²) in [5.74, 6) is -0.283. The van der Waals surface area contributed by atoms with Crippen LogP contribution in [0.1, 0.15) is 79.1 Å². The van der Waals surface area contributed by atoms with Crippen LogP contribution in [0.5, 0.6) is 0 Å². The van der Waals surface area contributed by atoms with Gasteiger partial charge in [0.05, 0.1) is 0 Å². The summed E-state index contributed by atoms with van der Waals surface area (Å²) >= 11 is 0. The van der Waals surface area contributed by atoms with Crippen molar-refractivity contribution in [1.29, 1.82) is 0 Å². The van der Waals surface area contributed by atoms with E-state index in [0.717, 1.165) is 13.1 Å². The maximum Gasteiger partial charge on any atom is 0.334 e. The number of carbonyl (C=O) groups excluding carboxylic acids is 1. The van der Waals surface area contributed by atoms with Gasteiger partial charge in [0.25, 0.3) is 0 Å². The van der Waals surface area contributed by atoms with E-state index in [1.165, 1.54) is 51.4 Å². The lowest BCUT2D eigenvalue weighted by atomic mass is 10.1. The molecule has 0 aliphatic carbocycles. The first kappa shape index (κ1) is 20.2. The number of rotatable bonds is 13. The van der Waals surface area contributed by atoms with Crippen molar-refractivity contribution in [2.75, 3.05) is 13.1 Å². The van der Waals surface area contributed by atoms with Gasteiger partial charge in [-0.3, -0.25) is 4.90 Å². The molecule has 0 rings (SSSR count). The Hall–Kier alpha value is -0.830. The van der Waals surface area contributed by atoms with Crippen molar-refractivity contribution < 1.29 is 9.53 Å². The summed E-state index contributed by atoms with van der Waals surface area (Å²) in [5.41, 5.74) is 0.471. The average Bonchev–Trinajstić information content (AvgIpc) is 2.45. The number of ether oxygens (including phenoxy) is 1. The highest BCUT2D eigenvalue weighted by atomic mass is 16.6. The van der Waals surface area contributed by atoms with Crippen LogP contribution < -0.4 is 0 Å². The van der Waals surface area contributed by atoms with Crippen molar-refractivity contribution in [3.63, 3.8) is 0 Å². The molecule has 0 bridgehead atoms. The zero-order valence-electron chi connectivity index (χ0n) is 14.6. The first-order chi connectivity index (χ1) is 10.0. The number of hydrogen-bond acceptors (Lipinski definition) is 3. The van der Waals surface area contributed by atoms with Crippen molar-refractivity contribution in [2.24, 2.45) is 0 Å². The van der Waals surface area contributed by atoms with Crippen LogP contribution in [0.2, 0.25) is 0 Å². The van der Waals surface area contributed by atoms with Gasteiger partial charge in [-0.2, -0.15) is 0 Å². The fourth-order valence-corrected chi connectivity index (χ4v) is 2.29. The van der Waals surface area contributed by atoms with Gasteiger partial charge in [-0.15, -0.1) is 0 Å². The van der Waals surface area contributed by atoms with Gasteiger partial charge in [0.15, 0.2) is 6.23 Å². The zero-order chi connectivity index (χ0) is 16.1. The third-order valence-corrected chi connectivity index (χ3v) is 3.74. The molecule has 0 heterocycles. The predicted molar refractivity (Wildman–Crippen MR) is 90.2 cm³/mol. The fraction of sp³-hybridized carbons (Fsp3) is 0.833. The molecule has 124 valence electrons. The molecule has 0 aliphatic rings. The summed E-state index contributed by atoms with van der Waals surface area (Å²) < 4.78 is 5.48. The van der Waals surface area contributed by atoms with E-state index in [0.29, 0.717) is 5.57 Å². The number of carbonyl (C=O) groups is 1. The minimum absolute atomic E-state index is 0.155. The lowest BCUT2D eigenvalue weighted by molar-refractivity contribution is -0.152. The second kappa shape index (κ2) is 12.9. The number of nitrogens with zero attached hydrogens (tertiary/aromatic N) is 1. The fourth-order valence-electron chi connectivity index (χ4n) is 2.29. The molecule has 0 aromatic rings. The maximum atomic E-state index is 11.7. The minimum atomic E-state index is -0.283. The number of unbranched alkanes of at least 4 members (excludes halogenated alkanes) is 6. The Bertz CT molecular complexity index is 277. The first-order valence-corrected chi connectivity index (χ1v) is 8.63. The third kappa shape index (κ3) is 10.5. The largest absolute Gasteiger partial charge is 0.443 e. The zero-order valence-corrected chi connectivity index (χ0v) is 14.6. The van der Waals surface area contributed by atoms with Gasteiger partial charge < -0.3 is 4.74 Å². The van der Waals surface area contributed by atoms with E-state index in [1.807, 2.05) is 6.92 Å². The van der Waals surface area contributed by atoms with Crippen LogP contribution in [0.4, 0.5) is 0 Å². The number of hydrogen-bond donors (Lipinski definition) is 0. The van der Waals surface area contributed by atoms with Crippen LogP contribution in [0.3, 0.4) is 0 Å². The average molecular weight is 297 g/mol. The Morgan fingerprint density at radius 3 is 1.86 bits per heavy atom. The normalized spacial score (nSPS) is 12.4. The van der Waals surface area contributed by atoms with Gasteiger partial charge in [0, 0.05) is 18.7 Å². The topological polar surface area (TPSA) is 29.5 Å². The van der Waals surface area contributed by atoms with Gasteiger partial charge in [-0.25, -0.2) is 4.79 Å². The van der Waals surface area contributed by atoms with Crippen molar-refractivity contribution in [3.05, 3.63) is 12.2 Å². The summed E-state index contributed by atoms with van der Waals surface area (Å²) in [7, 11) is 0. The molecule has 0 fully saturated rings. The molecule has 0 saturated carbocycles. The van der Waals surface area contributed by atoms with E-state index in [9.17, 15) is 4.79 Å². The van der Waals surface area contributed by atoms with Crippen molar-refractivity contribution in [3.8, 4) is 0 Å².